The molecule has 1 N–H and O–H groups in total. The molecule has 0 aliphatic rings. The number of Topliss-reactive ketones (excluding diaryl/α,β-unsaturated/α-hetero) is 1. The summed E-state index contributed by atoms with van der Waals surface area (Å²) in [6, 6.07) is 6.76. The van der Waals surface area contributed by atoms with Gasteiger partial charge in [-0.3, -0.25) is 9.59 Å². The van der Waals surface area contributed by atoms with Gasteiger partial charge in [-0.2, -0.15) is 0 Å². The zero-order chi connectivity index (χ0) is 14.3. The number of hydrogen-bond donors (Lipinski definition) is 1. The number of ether oxygens (including phenoxy) is 1. The van der Waals surface area contributed by atoms with Crippen molar-refractivity contribution < 1.29 is 14.3 Å². The number of carbonyl (C=O) groups excluding carboxylic acids is 2. The molecule has 0 spiro atoms. The number of ketones is 1. The SMILES string of the molecule is C=CCCO[C@H](C)C(=O)Nc1ccc(C(C)=O)cc1. The van der Waals surface area contributed by atoms with Crippen LogP contribution in [-0.4, -0.2) is 24.4 Å². The molecule has 1 aromatic rings. The third-order valence-electron chi connectivity index (χ3n) is 2.62. The van der Waals surface area contributed by atoms with Crippen molar-refractivity contribution in [2.24, 2.45) is 0 Å². The van der Waals surface area contributed by atoms with Crippen LogP contribution in [0.25, 0.3) is 0 Å². The molecule has 1 amide bonds. The molecule has 0 aliphatic carbocycles. The predicted octanol–water partition coefficient (Wildman–Crippen LogP) is 2.81. The third-order valence-corrected chi connectivity index (χ3v) is 2.62. The average Bonchev–Trinajstić information content (AvgIpc) is 2.39. The molecule has 0 radical (unpaired) electrons. The van der Waals surface area contributed by atoms with Crippen molar-refractivity contribution in [1.82, 2.24) is 0 Å². The summed E-state index contributed by atoms with van der Waals surface area (Å²) in [5, 5.41) is 2.73. The Morgan fingerprint density at radius 3 is 2.53 bits per heavy atom. The maximum atomic E-state index is 11.8. The van der Waals surface area contributed by atoms with Crippen LogP contribution < -0.4 is 5.32 Å². The van der Waals surface area contributed by atoms with Crippen molar-refractivity contribution in [2.45, 2.75) is 26.4 Å². The highest BCUT2D eigenvalue weighted by Gasteiger charge is 2.13. The summed E-state index contributed by atoms with van der Waals surface area (Å²) in [6.07, 6.45) is 1.93. The van der Waals surface area contributed by atoms with Crippen molar-refractivity contribution in [3.63, 3.8) is 0 Å². The van der Waals surface area contributed by atoms with Gasteiger partial charge in [-0.25, -0.2) is 0 Å². The number of amides is 1. The lowest BCUT2D eigenvalue weighted by atomic mass is 10.1. The van der Waals surface area contributed by atoms with Crippen molar-refractivity contribution in [3.05, 3.63) is 42.5 Å². The lowest BCUT2D eigenvalue weighted by Gasteiger charge is -2.13. The molecule has 1 aromatic carbocycles. The highest BCUT2D eigenvalue weighted by molar-refractivity contribution is 5.96. The van der Waals surface area contributed by atoms with Crippen molar-refractivity contribution in [2.75, 3.05) is 11.9 Å². The van der Waals surface area contributed by atoms with Crippen molar-refractivity contribution >= 4 is 17.4 Å². The standard InChI is InChI=1S/C15H19NO3/c1-4-5-10-19-12(3)15(18)16-14-8-6-13(7-9-14)11(2)17/h4,6-9,12H,1,5,10H2,2-3H3,(H,16,18)/t12-/m1/s1. The molecule has 0 unspecified atom stereocenters. The van der Waals surface area contributed by atoms with E-state index in [1.807, 2.05) is 0 Å². The first-order chi connectivity index (χ1) is 9.04. The maximum Gasteiger partial charge on any atom is 0.253 e. The Kier molecular flexibility index (Phi) is 5.96. The quantitative estimate of drug-likeness (QED) is 0.466. The minimum absolute atomic E-state index is 0.000923. The average molecular weight is 261 g/mol. The van der Waals surface area contributed by atoms with Gasteiger partial charge in [0.15, 0.2) is 5.78 Å². The van der Waals surface area contributed by atoms with E-state index >= 15 is 0 Å². The second-order valence-corrected chi connectivity index (χ2v) is 4.21. The van der Waals surface area contributed by atoms with Crippen LogP contribution in [-0.2, 0) is 9.53 Å². The fourth-order valence-corrected chi connectivity index (χ4v) is 1.44. The maximum absolute atomic E-state index is 11.8. The van der Waals surface area contributed by atoms with Crippen LogP contribution in [0.3, 0.4) is 0 Å². The molecule has 0 bridgehead atoms. The van der Waals surface area contributed by atoms with Crippen LogP contribution in [0.1, 0.15) is 30.6 Å². The summed E-state index contributed by atoms with van der Waals surface area (Å²) in [7, 11) is 0. The second-order valence-electron chi connectivity index (χ2n) is 4.21. The highest BCUT2D eigenvalue weighted by atomic mass is 16.5. The molecule has 0 aromatic heterocycles. The normalized spacial score (nSPS) is 11.7. The molecular formula is C15H19NO3. The minimum Gasteiger partial charge on any atom is -0.368 e. The molecule has 102 valence electrons. The molecule has 4 heteroatoms. The summed E-state index contributed by atoms with van der Waals surface area (Å²) in [4.78, 5) is 22.9. The van der Waals surface area contributed by atoms with Gasteiger partial charge in [-0.15, -0.1) is 6.58 Å². The van der Waals surface area contributed by atoms with Gasteiger partial charge in [-0.1, -0.05) is 6.08 Å². The van der Waals surface area contributed by atoms with Crippen molar-refractivity contribution in [1.29, 1.82) is 0 Å². The number of carbonyl (C=O) groups is 2. The molecule has 19 heavy (non-hydrogen) atoms. The zero-order valence-corrected chi connectivity index (χ0v) is 11.3. The first-order valence-corrected chi connectivity index (χ1v) is 6.19. The van der Waals surface area contributed by atoms with Gasteiger partial charge in [0, 0.05) is 11.3 Å². The molecule has 1 atom stereocenters. The molecule has 0 saturated heterocycles. The Morgan fingerprint density at radius 1 is 1.37 bits per heavy atom. The Bertz CT molecular complexity index is 451. The van der Waals surface area contributed by atoms with Crippen LogP contribution in [0.4, 0.5) is 5.69 Å². The van der Waals surface area contributed by atoms with E-state index in [0.29, 0.717) is 24.3 Å². The lowest BCUT2D eigenvalue weighted by molar-refractivity contribution is -0.126. The van der Waals surface area contributed by atoms with Gasteiger partial charge in [0.1, 0.15) is 6.10 Å². The smallest absolute Gasteiger partial charge is 0.253 e. The van der Waals surface area contributed by atoms with E-state index in [1.54, 1.807) is 37.3 Å². The molecule has 0 fully saturated rings. The molecule has 0 saturated carbocycles. The first-order valence-electron chi connectivity index (χ1n) is 6.19. The van der Waals surface area contributed by atoms with E-state index in [0.717, 1.165) is 0 Å². The molecule has 0 aliphatic heterocycles. The van der Waals surface area contributed by atoms with E-state index in [9.17, 15) is 9.59 Å². The highest BCUT2D eigenvalue weighted by Crippen LogP contribution is 2.11. The number of anilines is 1. The summed E-state index contributed by atoms with van der Waals surface area (Å²) in [5.41, 5.74) is 1.27. The van der Waals surface area contributed by atoms with Gasteiger partial charge in [-0.05, 0) is 44.5 Å². The van der Waals surface area contributed by atoms with Crippen LogP contribution in [0.2, 0.25) is 0 Å². The van der Waals surface area contributed by atoms with Gasteiger partial charge >= 0.3 is 0 Å². The van der Waals surface area contributed by atoms with E-state index in [2.05, 4.69) is 11.9 Å². The van der Waals surface area contributed by atoms with Gasteiger partial charge < -0.3 is 10.1 Å². The second kappa shape index (κ2) is 7.48. The molecule has 0 heterocycles. The van der Waals surface area contributed by atoms with E-state index in [-0.39, 0.29) is 11.7 Å². The van der Waals surface area contributed by atoms with Crippen LogP contribution in [0, 0.1) is 0 Å². The van der Waals surface area contributed by atoms with E-state index in [1.165, 1.54) is 6.92 Å². The largest absolute Gasteiger partial charge is 0.368 e. The van der Waals surface area contributed by atoms with Crippen LogP contribution >= 0.6 is 0 Å². The number of rotatable bonds is 7. The van der Waals surface area contributed by atoms with E-state index < -0.39 is 6.10 Å². The van der Waals surface area contributed by atoms with Crippen LogP contribution in [0.5, 0.6) is 0 Å². The van der Waals surface area contributed by atoms with E-state index in [4.69, 9.17) is 4.74 Å². The Morgan fingerprint density at radius 2 is 2.00 bits per heavy atom. The predicted molar refractivity (Wildman–Crippen MR) is 75.3 cm³/mol. The Balaban J connectivity index is 2.51. The minimum atomic E-state index is -0.521. The Labute approximate surface area is 113 Å². The molecule has 1 rings (SSSR count). The van der Waals surface area contributed by atoms with Crippen LogP contribution in [0.15, 0.2) is 36.9 Å². The number of hydrogen-bond acceptors (Lipinski definition) is 3. The molecule has 4 nitrogen and oxygen atoms in total. The number of benzene rings is 1. The lowest BCUT2D eigenvalue weighted by Crippen LogP contribution is -2.28. The summed E-state index contributed by atoms with van der Waals surface area (Å²) in [6.45, 7) is 7.26. The van der Waals surface area contributed by atoms with Crippen molar-refractivity contribution in [3.8, 4) is 0 Å². The summed E-state index contributed by atoms with van der Waals surface area (Å²) >= 11 is 0. The molecular weight excluding hydrogens is 242 g/mol. The van der Waals surface area contributed by atoms with Gasteiger partial charge in [0.2, 0.25) is 0 Å². The summed E-state index contributed by atoms with van der Waals surface area (Å²) in [5.74, 6) is -0.210. The fourth-order valence-electron chi connectivity index (χ4n) is 1.44. The summed E-state index contributed by atoms with van der Waals surface area (Å²) < 4.78 is 5.34. The van der Waals surface area contributed by atoms with Gasteiger partial charge in [0.05, 0.1) is 6.61 Å². The number of nitrogens with one attached hydrogen (secondary N) is 1. The Hall–Kier alpha value is -1.94. The third kappa shape index (κ3) is 5.06. The zero-order valence-electron chi connectivity index (χ0n) is 11.3. The first kappa shape index (κ1) is 15.1. The fraction of sp³-hybridized carbons (Fsp3) is 0.333. The topological polar surface area (TPSA) is 55.4 Å². The van der Waals surface area contributed by atoms with Gasteiger partial charge in [0.25, 0.3) is 5.91 Å². The monoisotopic (exact) mass is 261 g/mol.